The predicted octanol–water partition coefficient (Wildman–Crippen LogP) is 5.59. The minimum absolute atomic E-state index is 0.231. The first kappa shape index (κ1) is 16.5. The summed E-state index contributed by atoms with van der Waals surface area (Å²) < 4.78 is 43.8. The topological polar surface area (TPSA) is 9.23 Å². The molecule has 0 aromatic heterocycles. The summed E-state index contributed by atoms with van der Waals surface area (Å²) in [6.07, 6.45) is -3.53. The fourth-order valence-corrected chi connectivity index (χ4v) is 2.25. The molecular formula is C14H18BrF3O. The summed E-state index contributed by atoms with van der Waals surface area (Å²) in [5.74, 6) is 0.440. The van der Waals surface area contributed by atoms with Gasteiger partial charge in [-0.25, -0.2) is 0 Å². The molecule has 1 aromatic rings. The van der Waals surface area contributed by atoms with Crippen LogP contribution in [0.4, 0.5) is 13.2 Å². The Morgan fingerprint density at radius 2 is 1.89 bits per heavy atom. The molecule has 0 aliphatic heterocycles. The highest BCUT2D eigenvalue weighted by Crippen LogP contribution is 2.34. The third-order valence-electron chi connectivity index (χ3n) is 3.09. The average Bonchev–Trinajstić information content (AvgIpc) is 2.34. The van der Waals surface area contributed by atoms with Crippen LogP contribution in [0.5, 0.6) is 0 Å². The van der Waals surface area contributed by atoms with Gasteiger partial charge in [0, 0.05) is 11.1 Å². The molecule has 0 aliphatic carbocycles. The Morgan fingerprint density at radius 3 is 2.37 bits per heavy atom. The average molecular weight is 339 g/mol. The SMILES string of the molecule is CC[C@@H](C)CO[C@H](C)c1ccc(C(F)(F)F)cc1Br. The zero-order valence-electron chi connectivity index (χ0n) is 11.2. The maximum absolute atomic E-state index is 12.5. The van der Waals surface area contributed by atoms with Crippen molar-refractivity contribution in [2.24, 2.45) is 5.92 Å². The zero-order valence-corrected chi connectivity index (χ0v) is 12.8. The lowest BCUT2D eigenvalue weighted by atomic mass is 10.1. The smallest absolute Gasteiger partial charge is 0.374 e. The molecule has 0 heterocycles. The van der Waals surface area contributed by atoms with E-state index in [2.05, 4.69) is 29.8 Å². The normalized spacial score (nSPS) is 15.3. The Labute approximate surface area is 120 Å². The van der Waals surface area contributed by atoms with Crippen LogP contribution >= 0.6 is 15.9 Å². The van der Waals surface area contributed by atoms with E-state index < -0.39 is 11.7 Å². The van der Waals surface area contributed by atoms with Gasteiger partial charge in [0.25, 0.3) is 0 Å². The van der Waals surface area contributed by atoms with Crippen molar-refractivity contribution in [3.63, 3.8) is 0 Å². The monoisotopic (exact) mass is 338 g/mol. The first-order valence-corrected chi connectivity index (χ1v) is 7.03. The second-order valence-electron chi connectivity index (χ2n) is 4.72. The molecule has 1 aromatic carbocycles. The second kappa shape index (κ2) is 6.75. The van der Waals surface area contributed by atoms with Crippen LogP contribution in [0.3, 0.4) is 0 Å². The number of halogens is 4. The van der Waals surface area contributed by atoms with Crippen LogP contribution < -0.4 is 0 Å². The van der Waals surface area contributed by atoms with Crippen molar-refractivity contribution in [1.29, 1.82) is 0 Å². The van der Waals surface area contributed by atoms with E-state index in [1.807, 2.05) is 6.92 Å². The molecule has 1 nitrogen and oxygen atoms in total. The molecule has 0 amide bonds. The van der Waals surface area contributed by atoms with E-state index in [0.717, 1.165) is 24.1 Å². The van der Waals surface area contributed by atoms with E-state index in [0.29, 0.717) is 17.0 Å². The summed E-state index contributed by atoms with van der Waals surface area (Å²) in [6, 6.07) is 3.65. The van der Waals surface area contributed by atoms with Crippen molar-refractivity contribution >= 4 is 15.9 Å². The quantitative estimate of drug-likeness (QED) is 0.679. The van der Waals surface area contributed by atoms with Crippen molar-refractivity contribution in [3.8, 4) is 0 Å². The van der Waals surface area contributed by atoms with Crippen LogP contribution in [0.1, 0.15) is 44.4 Å². The maximum Gasteiger partial charge on any atom is 0.416 e. The molecule has 2 atom stereocenters. The fraction of sp³-hybridized carbons (Fsp3) is 0.571. The first-order valence-electron chi connectivity index (χ1n) is 6.24. The molecule has 0 fully saturated rings. The van der Waals surface area contributed by atoms with Crippen molar-refractivity contribution in [3.05, 3.63) is 33.8 Å². The summed E-state index contributed by atoms with van der Waals surface area (Å²) in [6.45, 7) is 6.60. The lowest BCUT2D eigenvalue weighted by Crippen LogP contribution is -2.10. The van der Waals surface area contributed by atoms with Gasteiger partial charge in [-0.3, -0.25) is 0 Å². The Bertz CT molecular complexity index is 418. The molecule has 0 N–H and O–H groups in total. The van der Waals surface area contributed by atoms with E-state index >= 15 is 0 Å². The maximum atomic E-state index is 12.5. The Morgan fingerprint density at radius 1 is 1.26 bits per heavy atom. The van der Waals surface area contributed by atoms with Crippen LogP contribution in [0.15, 0.2) is 22.7 Å². The molecule has 0 unspecified atom stereocenters. The highest BCUT2D eigenvalue weighted by atomic mass is 79.9. The number of hydrogen-bond acceptors (Lipinski definition) is 1. The van der Waals surface area contributed by atoms with Crippen molar-refractivity contribution in [2.45, 2.75) is 39.5 Å². The Kier molecular flexibility index (Phi) is 5.86. The molecule has 0 saturated heterocycles. The van der Waals surface area contributed by atoms with Crippen LogP contribution in [0.2, 0.25) is 0 Å². The van der Waals surface area contributed by atoms with Crippen molar-refractivity contribution in [1.82, 2.24) is 0 Å². The Hall–Kier alpha value is -0.550. The lowest BCUT2D eigenvalue weighted by Gasteiger charge is -2.18. The molecular weight excluding hydrogens is 321 g/mol. The summed E-state index contributed by atoms with van der Waals surface area (Å²) in [5, 5.41) is 0. The summed E-state index contributed by atoms with van der Waals surface area (Å²) in [4.78, 5) is 0. The van der Waals surface area contributed by atoms with Gasteiger partial charge in [0.2, 0.25) is 0 Å². The summed E-state index contributed by atoms with van der Waals surface area (Å²) in [7, 11) is 0. The van der Waals surface area contributed by atoms with Gasteiger partial charge in [-0.2, -0.15) is 13.2 Å². The molecule has 0 bridgehead atoms. The molecule has 108 valence electrons. The van der Waals surface area contributed by atoms with Crippen molar-refractivity contribution in [2.75, 3.05) is 6.61 Å². The van der Waals surface area contributed by atoms with Crippen LogP contribution in [0.25, 0.3) is 0 Å². The van der Waals surface area contributed by atoms with Gasteiger partial charge >= 0.3 is 6.18 Å². The van der Waals surface area contributed by atoms with E-state index in [9.17, 15) is 13.2 Å². The number of ether oxygens (including phenoxy) is 1. The van der Waals surface area contributed by atoms with Gasteiger partial charge in [0.15, 0.2) is 0 Å². The van der Waals surface area contributed by atoms with Gasteiger partial charge in [-0.15, -0.1) is 0 Å². The van der Waals surface area contributed by atoms with Crippen molar-refractivity contribution < 1.29 is 17.9 Å². The summed E-state index contributed by atoms with van der Waals surface area (Å²) >= 11 is 3.18. The van der Waals surface area contributed by atoms with E-state index in [1.54, 1.807) is 0 Å². The number of hydrogen-bond donors (Lipinski definition) is 0. The van der Waals surface area contributed by atoms with Gasteiger partial charge in [0.05, 0.1) is 11.7 Å². The van der Waals surface area contributed by atoms with Crippen LogP contribution in [0, 0.1) is 5.92 Å². The predicted molar refractivity (Wildman–Crippen MR) is 73.0 cm³/mol. The molecule has 19 heavy (non-hydrogen) atoms. The highest BCUT2D eigenvalue weighted by molar-refractivity contribution is 9.10. The number of alkyl halides is 3. The van der Waals surface area contributed by atoms with Gasteiger partial charge < -0.3 is 4.74 Å². The largest absolute Gasteiger partial charge is 0.416 e. The van der Waals surface area contributed by atoms with Gasteiger partial charge in [-0.1, -0.05) is 42.3 Å². The molecule has 0 radical (unpaired) electrons. The van der Waals surface area contributed by atoms with Crippen LogP contribution in [-0.2, 0) is 10.9 Å². The fourth-order valence-electron chi connectivity index (χ4n) is 1.55. The lowest BCUT2D eigenvalue weighted by molar-refractivity contribution is -0.137. The van der Waals surface area contributed by atoms with Gasteiger partial charge in [-0.05, 0) is 30.5 Å². The second-order valence-corrected chi connectivity index (χ2v) is 5.58. The highest BCUT2D eigenvalue weighted by Gasteiger charge is 2.31. The standard InChI is InChI=1S/C14H18BrF3O/c1-4-9(2)8-19-10(3)12-6-5-11(7-13(12)15)14(16,17)18/h5-7,9-10H,4,8H2,1-3H3/t9-,10-/m1/s1. The van der Waals surface area contributed by atoms with E-state index in [1.165, 1.54) is 6.07 Å². The zero-order chi connectivity index (χ0) is 14.6. The van der Waals surface area contributed by atoms with Crippen LogP contribution in [-0.4, -0.2) is 6.61 Å². The first-order chi connectivity index (χ1) is 8.75. The number of rotatable bonds is 5. The molecule has 0 spiro atoms. The third-order valence-corrected chi connectivity index (χ3v) is 3.78. The molecule has 1 rings (SSSR count). The Balaban J connectivity index is 2.79. The minimum atomic E-state index is -4.32. The molecule has 5 heteroatoms. The van der Waals surface area contributed by atoms with E-state index in [4.69, 9.17) is 4.74 Å². The third kappa shape index (κ3) is 4.80. The summed E-state index contributed by atoms with van der Waals surface area (Å²) in [5.41, 5.74) is 0.0774. The number of benzene rings is 1. The van der Waals surface area contributed by atoms with E-state index in [-0.39, 0.29) is 6.10 Å². The molecule has 0 saturated carbocycles. The minimum Gasteiger partial charge on any atom is -0.374 e. The molecule has 0 aliphatic rings. The van der Waals surface area contributed by atoms with Gasteiger partial charge in [0.1, 0.15) is 0 Å².